The van der Waals surface area contributed by atoms with Gasteiger partial charge in [-0.25, -0.2) is 0 Å². The summed E-state index contributed by atoms with van der Waals surface area (Å²) in [6, 6.07) is 1.93. The maximum absolute atomic E-state index is 12.1. The van der Waals surface area contributed by atoms with Crippen LogP contribution in [0.1, 0.15) is 49.2 Å². The van der Waals surface area contributed by atoms with E-state index in [4.69, 9.17) is 0 Å². The lowest BCUT2D eigenvalue weighted by atomic mass is 9.76. The lowest BCUT2D eigenvalue weighted by molar-refractivity contribution is -0.122. The Hall–Kier alpha value is -1.58. The third-order valence-electron chi connectivity index (χ3n) is 4.26. The minimum absolute atomic E-state index is 0.0391. The summed E-state index contributed by atoms with van der Waals surface area (Å²) in [5, 5.41) is 2.98. The van der Waals surface area contributed by atoms with E-state index in [1.165, 1.54) is 0 Å². The fraction of sp³-hybridized carbons (Fsp3) is 0.625. The Morgan fingerprint density at radius 3 is 2.85 bits per heavy atom. The predicted molar refractivity (Wildman–Crippen MR) is 76.6 cm³/mol. The molecule has 108 valence electrons. The highest BCUT2D eigenvalue weighted by molar-refractivity contribution is 5.98. The van der Waals surface area contributed by atoms with Gasteiger partial charge in [-0.1, -0.05) is 13.8 Å². The van der Waals surface area contributed by atoms with Gasteiger partial charge in [-0.15, -0.1) is 0 Å². The van der Waals surface area contributed by atoms with Crippen molar-refractivity contribution in [1.82, 2.24) is 9.88 Å². The van der Waals surface area contributed by atoms with Crippen molar-refractivity contribution in [3.63, 3.8) is 0 Å². The zero-order valence-corrected chi connectivity index (χ0v) is 12.2. The van der Waals surface area contributed by atoms with E-state index in [0.717, 1.165) is 37.1 Å². The SMILES string of the molecule is CC1(C)CC(=O)c2ccn(CCNC(=O)C3CC3)c2C1. The topological polar surface area (TPSA) is 51.1 Å². The van der Waals surface area contributed by atoms with Crippen LogP contribution in [0.5, 0.6) is 0 Å². The molecule has 0 aliphatic heterocycles. The van der Waals surface area contributed by atoms with Crippen molar-refractivity contribution in [3.8, 4) is 0 Å². The average Bonchev–Trinajstić information content (AvgIpc) is 3.12. The lowest BCUT2D eigenvalue weighted by Gasteiger charge is -2.29. The molecule has 0 spiro atoms. The first-order valence-electron chi connectivity index (χ1n) is 7.45. The molecule has 1 heterocycles. The van der Waals surface area contributed by atoms with Crippen molar-refractivity contribution >= 4 is 11.7 Å². The Kier molecular flexibility index (Phi) is 3.19. The van der Waals surface area contributed by atoms with E-state index in [1.54, 1.807) is 0 Å². The molecule has 20 heavy (non-hydrogen) atoms. The Bertz CT molecular complexity index is 553. The molecule has 0 bridgehead atoms. The second-order valence-electron chi connectivity index (χ2n) is 6.88. The molecule has 4 nitrogen and oxygen atoms in total. The van der Waals surface area contributed by atoms with Crippen molar-refractivity contribution in [2.75, 3.05) is 6.54 Å². The highest BCUT2D eigenvalue weighted by Gasteiger charge is 2.33. The minimum Gasteiger partial charge on any atom is -0.354 e. The number of hydrogen-bond acceptors (Lipinski definition) is 2. The maximum Gasteiger partial charge on any atom is 0.223 e. The third-order valence-corrected chi connectivity index (χ3v) is 4.26. The van der Waals surface area contributed by atoms with Crippen molar-refractivity contribution in [3.05, 3.63) is 23.5 Å². The molecule has 1 aromatic rings. The first-order valence-corrected chi connectivity index (χ1v) is 7.45. The van der Waals surface area contributed by atoms with E-state index in [9.17, 15) is 9.59 Å². The van der Waals surface area contributed by atoms with Gasteiger partial charge < -0.3 is 9.88 Å². The highest BCUT2D eigenvalue weighted by Crippen LogP contribution is 2.35. The summed E-state index contributed by atoms with van der Waals surface area (Å²) >= 11 is 0. The van der Waals surface area contributed by atoms with Crippen molar-refractivity contribution in [1.29, 1.82) is 0 Å². The summed E-state index contributed by atoms with van der Waals surface area (Å²) in [6.07, 6.45) is 5.61. The Balaban J connectivity index is 1.66. The van der Waals surface area contributed by atoms with Crippen molar-refractivity contribution in [2.24, 2.45) is 11.3 Å². The van der Waals surface area contributed by atoms with Crippen LogP contribution in [0.3, 0.4) is 0 Å². The highest BCUT2D eigenvalue weighted by atomic mass is 16.2. The van der Waals surface area contributed by atoms with Crippen LogP contribution >= 0.6 is 0 Å². The molecule has 1 saturated carbocycles. The molecule has 0 unspecified atom stereocenters. The second kappa shape index (κ2) is 4.76. The van der Waals surface area contributed by atoms with E-state index in [1.807, 2.05) is 12.3 Å². The summed E-state index contributed by atoms with van der Waals surface area (Å²) in [6.45, 7) is 5.67. The van der Waals surface area contributed by atoms with Gasteiger partial charge in [0.25, 0.3) is 0 Å². The van der Waals surface area contributed by atoms with Crippen LogP contribution in [0, 0.1) is 11.3 Å². The van der Waals surface area contributed by atoms with Gasteiger partial charge in [0.05, 0.1) is 0 Å². The molecule has 0 saturated heterocycles. The molecule has 1 fully saturated rings. The lowest BCUT2D eigenvalue weighted by Crippen LogP contribution is -2.31. The molecular formula is C16H22N2O2. The number of aromatic nitrogens is 1. The zero-order valence-electron chi connectivity index (χ0n) is 12.2. The van der Waals surface area contributed by atoms with Crippen LogP contribution < -0.4 is 5.32 Å². The number of rotatable bonds is 4. The summed E-state index contributed by atoms with van der Waals surface area (Å²) in [5.74, 6) is 0.688. The van der Waals surface area contributed by atoms with Gasteiger partial charge >= 0.3 is 0 Å². The van der Waals surface area contributed by atoms with Gasteiger partial charge in [0.15, 0.2) is 5.78 Å². The van der Waals surface area contributed by atoms with Crippen molar-refractivity contribution in [2.45, 2.75) is 46.1 Å². The van der Waals surface area contributed by atoms with Gasteiger partial charge in [0, 0.05) is 42.9 Å². The largest absolute Gasteiger partial charge is 0.354 e. The zero-order chi connectivity index (χ0) is 14.3. The number of nitrogens with zero attached hydrogens (tertiary/aromatic N) is 1. The summed E-state index contributed by atoms with van der Waals surface area (Å²) in [4.78, 5) is 23.7. The maximum atomic E-state index is 12.1. The first kappa shape index (κ1) is 13.4. The molecule has 0 atom stereocenters. The fourth-order valence-electron chi connectivity index (χ4n) is 3.00. The quantitative estimate of drug-likeness (QED) is 0.915. The normalized spacial score (nSPS) is 20.6. The van der Waals surface area contributed by atoms with Crippen LogP contribution in [0.15, 0.2) is 12.3 Å². The number of amides is 1. The summed E-state index contributed by atoms with van der Waals surface area (Å²) in [7, 11) is 0. The van der Waals surface area contributed by atoms with E-state index < -0.39 is 0 Å². The molecule has 0 radical (unpaired) electrons. The standard InChI is InChI=1S/C16H22N2O2/c1-16(2)9-13-12(14(19)10-16)5-7-18(13)8-6-17-15(20)11-3-4-11/h5,7,11H,3-4,6,8-10H2,1-2H3,(H,17,20). The second-order valence-corrected chi connectivity index (χ2v) is 6.88. The van der Waals surface area contributed by atoms with E-state index >= 15 is 0 Å². The number of Topliss-reactive ketones (excluding diaryl/α,β-unsaturated/α-hetero) is 1. The molecule has 1 N–H and O–H groups in total. The number of carbonyl (C=O) groups is 2. The monoisotopic (exact) mass is 274 g/mol. The Labute approximate surface area is 119 Å². The van der Waals surface area contributed by atoms with Gasteiger partial charge in [0.2, 0.25) is 5.91 Å². The molecule has 3 rings (SSSR count). The van der Waals surface area contributed by atoms with Gasteiger partial charge in [0.1, 0.15) is 0 Å². The van der Waals surface area contributed by atoms with E-state index in [-0.39, 0.29) is 23.0 Å². The van der Waals surface area contributed by atoms with E-state index in [0.29, 0.717) is 13.0 Å². The number of fused-ring (bicyclic) bond motifs is 1. The smallest absolute Gasteiger partial charge is 0.223 e. The Morgan fingerprint density at radius 1 is 1.40 bits per heavy atom. The number of carbonyl (C=O) groups excluding carboxylic acids is 2. The van der Waals surface area contributed by atoms with Gasteiger partial charge in [-0.2, -0.15) is 0 Å². The first-order chi connectivity index (χ1) is 9.46. The number of nitrogens with one attached hydrogen (secondary N) is 1. The molecule has 1 amide bonds. The van der Waals surface area contributed by atoms with E-state index in [2.05, 4.69) is 23.7 Å². The molecule has 0 aromatic carbocycles. The van der Waals surface area contributed by atoms with Gasteiger partial charge in [-0.05, 0) is 30.7 Å². The average molecular weight is 274 g/mol. The van der Waals surface area contributed by atoms with Crippen LogP contribution in [0.4, 0.5) is 0 Å². The molecular weight excluding hydrogens is 252 g/mol. The van der Waals surface area contributed by atoms with Crippen LogP contribution in [-0.4, -0.2) is 22.8 Å². The van der Waals surface area contributed by atoms with Crippen LogP contribution in [0.2, 0.25) is 0 Å². The molecule has 1 aromatic heterocycles. The fourth-order valence-corrected chi connectivity index (χ4v) is 3.00. The van der Waals surface area contributed by atoms with Crippen molar-refractivity contribution < 1.29 is 9.59 Å². The molecule has 4 heteroatoms. The predicted octanol–water partition coefficient (Wildman–Crippen LogP) is 2.17. The van der Waals surface area contributed by atoms with Crippen LogP contribution in [0.25, 0.3) is 0 Å². The number of ketones is 1. The third kappa shape index (κ3) is 2.65. The number of hydrogen-bond donors (Lipinski definition) is 1. The molecule has 2 aliphatic carbocycles. The van der Waals surface area contributed by atoms with Gasteiger partial charge in [-0.3, -0.25) is 9.59 Å². The molecule has 2 aliphatic rings. The van der Waals surface area contributed by atoms with Crippen LogP contribution in [-0.2, 0) is 17.8 Å². The summed E-state index contributed by atoms with van der Waals surface area (Å²) < 4.78 is 2.13. The minimum atomic E-state index is 0.0391. The summed E-state index contributed by atoms with van der Waals surface area (Å²) in [5.41, 5.74) is 2.04. The Morgan fingerprint density at radius 2 is 2.15 bits per heavy atom.